The first kappa shape index (κ1) is 14.3. The molecular weight excluding hydrogens is 283 g/mol. The van der Waals surface area contributed by atoms with Gasteiger partial charge in [0.2, 0.25) is 5.03 Å². The van der Waals surface area contributed by atoms with Crippen LogP contribution in [0.4, 0.5) is 10.1 Å². The number of pyridine rings is 1. The second kappa shape index (κ2) is 5.46. The van der Waals surface area contributed by atoms with Gasteiger partial charge in [-0.05, 0) is 24.3 Å². The minimum Gasteiger partial charge on any atom is -0.495 e. The maximum atomic E-state index is 13.6. The fourth-order valence-electron chi connectivity index (χ4n) is 1.71. The number of hydrogen-bond donors (Lipinski definition) is 0. The molecule has 0 unspecified atom stereocenters. The highest BCUT2D eigenvalue weighted by atomic mass is 32.2. The summed E-state index contributed by atoms with van der Waals surface area (Å²) in [6.45, 7) is 0. The van der Waals surface area contributed by atoms with Gasteiger partial charge in [-0.15, -0.1) is 0 Å². The van der Waals surface area contributed by atoms with Crippen molar-refractivity contribution >= 4 is 15.7 Å². The smallest absolute Gasteiger partial charge is 0.284 e. The van der Waals surface area contributed by atoms with Crippen LogP contribution in [-0.2, 0) is 10.0 Å². The number of halogens is 1. The summed E-state index contributed by atoms with van der Waals surface area (Å²) in [6.07, 6.45) is 1.23. The summed E-state index contributed by atoms with van der Waals surface area (Å²) in [5.41, 5.74) is 0.306. The summed E-state index contributed by atoms with van der Waals surface area (Å²) in [6, 6.07) is 8.95. The molecule has 20 heavy (non-hydrogen) atoms. The van der Waals surface area contributed by atoms with Gasteiger partial charge in [0.15, 0.2) is 5.82 Å². The predicted molar refractivity (Wildman–Crippen MR) is 72.8 cm³/mol. The number of nitrogens with zero attached hydrogens (tertiary/aromatic N) is 2. The van der Waals surface area contributed by atoms with Gasteiger partial charge in [0.25, 0.3) is 10.0 Å². The van der Waals surface area contributed by atoms with E-state index in [1.165, 1.54) is 26.4 Å². The third kappa shape index (κ3) is 2.44. The number of aromatic nitrogens is 1. The van der Waals surface area contributed by atoms with Crippen LogP contribution >= 0.6 is 0 Å². The van der Waals surface area contributed by atoms with Gasteiger partial charge in [0.05, 0.1) is 12.8 Å². The van der Waals surface area contributed by atoms with Crippen molar-refractivity contribution in [2.24, 2.45) is 0 Å². The predicted octanol–water partition coefficient (Wildman–Crippen LogP) is 2.05. The molecule has 1 aromatic carbocycles. The lowest BCUT2D eigenvalue weighted by Crippen LogP contribution is -2.28. The number of ether oxygens (including phenoxy) is 1. The van der Waals surface area contributed by atoms with Crippen LogP contribution in [0.5, 0.6) is 5.75 Å². The third-order valence-corrected chi connectivity index (χ3v) is 4.46. The second-order valence-corrected chi connectivity index (χ2v) is 5.82. The number of sulfonamides is 1. The summed E-state index contributed by atoms with van der Waals surface area (Å²) in [5, 5.41) is -0.617. The van der Waals surface area contributed by atoms with E-state index in [4.69, 9.17) is 4.74 Å². The van der Waals surface area contributed by atoms with E-state index in [2.05, 4.69) is 4.98 Å². The van der Waals surface area contributed by atoms with Gasteiger partial charge in [-0.2, -0.15) is 8.42 Å². The largest absolute Gasteiger partial charge is 0.495 e. The number of para-hydroxylation sites is 2. The Morgan fingerprint density at radius 3 is 2.55 bits per heavy atom. The van der Waals surface area contributed by atoms with E-state index >= 15 is 0 Å². The lowest BCUT2D eigenvalue weighted by molar-refractivity contribution is 0.415. The average molecular weight is 296 g/mol. The van der Waals surface area contributed by atoms with Gasteiger partial charge in [-0.25, -0.2) is 9.37 Å². The Bertz CT molecular complexity index is 719. The number of benzene rings is 1. The first-order valence-electron chi connectivity index (χ1n) is 5.71. The summed E-state index contributed by atoms with van der Waals surface area (Å²) in [7, 11) is -1.34. The molecule has 2 rings (SSSR count). The first-order valence-corrected chi connectivity index (χ1v) is 7.15. The molecule has 0 aliphatic rings. The van der Waals surface area contributed by atoms with Crippen LogP contribution in [0.3, 0.4) is 0 Å². The molecule has 0 bridgehead atoms. The molecule has 106 valence electrons. The van der Waals surface area contributed by atoms with Crippen LogP contribution in [-0.4, -0.2) is 27.6 Å². The van der Waals surface area contributed by atoms with Crippen LogP contribution in [0.15, 0.2) is 47.6 Å². The van der Waals surface area contributed by atoms with Crippen LogP contribution < -0.4 is 9.04 Å². The van der Waals surface area contributed by atoms with Crippen molar-refractivity contribution in [2.75, 3.05) is 18.5 Å². The van der Waals surface area contributed by atoms with E-state index < -0.39 is 20.9 Å². The molecular formula is C13H13FN2O3S. The van der Waals surface area contributed by atoms with E-state index in [9.17, 15) is 12.8 Å². The lowest BCUT2D eigenvalue weighted by Gasteiger charge is -2.21. The molecule has 0 N–H and O–H groups in total. The Labute approximate surface area is 116 Å². The zero-order valence-electron chi connectivity index (χ0n) is 10.9. The average Bonchev–Trinajstić information content (AvgIpc) is 2.46. The molecule has 5 nitrogen and oxygen atoms in total. The third-order valence-electron chi connectivity index (χ3n) is 2.75. The maximum Gasteiger partial charge on any atom is 0.284 e. The van der Waals surface area contributed by atoms with E-state index in [0.717, 1.165) is 10.4 Å². The van der Waals surface area contributed by atoms with Crippen LogP contribution in [0, 0.1) is 5.82 Å². The molecule has 0 amide bonds. The Kier molecular flexibility index (Phi) is 3.89. The van der Waals surface area contributed by atoms with Crippen LogP contribution in [0.2, 0.25) is 0 Å². The summed E-state index contributed by atoms with van der Waals surface area (Å²) >= 11 is 0. The highest BCUT2D eigenvalue weighted by molar-refractivity contribution is 7.92. The normalized spacial score (nSPS) is 11.2. The van der Waals surface area contributed by atoms with E-state index in [0.29, 0.717) is 11.4 Å². The molecule has 0 spiro atoms. The number of rotatable bonds is 4. The standard InChI is InChI=1S/C13H13FN2O3S/c1-16(11-7-3-4-8-12(11)19-2)20(17,18)13-10(14)6-5-9-15-13/h3-9H,1-2H3. The lowest BCUT2D eigenvalue weighted by atomic mass is 10.3. The van der Waals surface area contributed by atoms with Gasteiger partial charge in [-0.3, -0.25) is 4.31 Å². The zero-order valence-corrected chi connectivity index (χ0v) is 11.8. The van der Waals surface area contributed by atoms with Crippen LogP contribution in [0.25, 0.3) is 0 Å². The number of anilines is 1. The van der Waals surface area contributed by atoms with Gasteiger partial charge in [0, 0.05) is 13.2 Å². The Morgan fingerprint density at radius 2 is 1.90 bits per heavy atom. The van der Waals surface area contributed by atoms with Crippen molar-refractivity contribution in [3.63, 3.8) is 0 Å². The van der Waals surface area contributed by atoms with Crippen molar-refractivity contribution in [3.8, 4) is 5.75 Å². The van der Waals surface area contributed by atoms with E-state index in [1.54, 1.807) is 24.3 Å². The summed E-state index contributed by atoms with van der Waals surface area (Å²) in [5.74, 6) is -0.524. The van der Waals surface area contributed by atoms with Crippen molar-refractivity contribution in [1.29, 1.82) is 0 Å². The molecule has 0 aliphatic carbocycles. The molecule has 0 radical (unpaired) electrons. The second-order valence-electron chi connectivity index (χ2n) is 3.93. The summed E-state index contributed by atoms with van der Waals surface area (Å²) < 4.78 is 44.5. The monoisotopic (exact) mass is 296 g/mol. The van der Waals surface area contributed by atoms with Crippen molar-refractivity contribution in [1.82, 2.24) is 4.98 Å². The van der Waals surface area contributed by atoms with Crippen LogP contribution in [0.1, 0.15) is 0 Å². The molecule has 1 aromatic heterocycles. The number of methoxy groups -OCH3 is 1. The topological polar surface area (TPSA) is 59.5 Å². The molecule has 0 saturated carbocycles. The fourth-order valence-corrected chi connectivity index (χ4v) is 2.89. The summed E-state index contributed by atoms with van der Waals surface area (Å²) in [4.78, 5) is 3.61. The van der Waals surface area contributed by atoms with Crippen molar-refractivity contribution in [3.05, 3.63) is 48.4 Å². The first-order chi connectivity index (χ1) is 9.48. The minimum absolute atomic E-state index is 0.306. The van der Waals surface area contributed by atoms with E-state index in [-0.39, 0.29) is 0 Å². The van der Waals surface area contributed by atoms with Gasteiger partial charge in [-0.1, -0.05) is 12.1 Å². The minimum atomic E-state index is -4.09. The highest BCUT2D eigenvalue weighted by Gasteiger charge is 2.27. The SMILES string of the molecule is COc1ccccc1N(C)S(=O)(=O)c1ncccc1F. The molecule has 1 heterocycles. The van der Waals surface area contributed by atoms with Gasteiger partial charge in [0.1, 0.15) is 5.75 Å². The van der Waals surface area contributed by atoms with Crippen molar-refractivity contribution in [2.45, 2.75) is 5.03 Å². The Morgan fingerprint density at radius 1 is 1.20 bits per heavy atom. The maximum absolute atomic E-state index is 13.6. The Hall–Kier alpha value is -2.15. The molecule has 0 aliphatic heterocycles. The van der Waals surface area contributed by atoms with E-state index in [1.807, 2.05) is 0 Å². The quantitative estimate of drug-likeness (QED) is 0.866. The molecule has 7 heteroatoms. The van der Waals surface area contributed by atoms with Crippen molar-refractivity contribution < 1.29 is 17.5 Å². The number of hydrogen-bond acceptors (Lipinski definition) is 4. The fraction of sp³-hybridized carbons (Fsp3) is 0.154. The Balaban J connectivity index is 2.52. The molecule has 0 saturated heterocycles. The highest BCUT2D eigenvalue weighted by Crippen LogP contribution is 2.30. The zero-order chi connectivity index (χ0) is 14.8. The van der Waals surface area contributed by atoms with Gasteiger partial charge >= 0.3 is 0 Å². The van der Waals surface area contributed by atoms with Gasteiger partial charge < -0.3 is 4.74 Å². The molecule has 0 fully saturated rings. The molecule has 0 atom stereocenters. The molecule has 2 aromatic rings.